The largest absolute Gasteiger partial charge is 0.265 e. The summed E-state index contributed by atoms with van der Waals surface area (Å²) in [5, 5.41) is 3.85. The van der Waals surface area contributed by atoms with Crippen molar-refractivity contribution in [1.29, 1.82) is 0 Å². The number of hydrogen-bond donors (Lipinski definition) is 0. The number of rotatable bonds is 2. The highest BCUT2D eigenvalue weighted by Crippen LogP contribution is 1.67. The molecule has 0 aliphatic heterocycles. The summed E-state index contributed by atoms with van der Waals surface area (Å²) in [7, 11) is 0. The van der Waals surface area contributed by atoms with Crippen LogP contribution < -0.4 is 5.32 Å². The Hall–Kier alpha value is -0.720. The number of allylic oxidation sites excluding steroid dienone is 2. The lowest BCUT2D eigenvalue weighted by atomic mass is 10.6. The van der Waals surface area contributed by atoms with Crippen LogP contribution in [0.25, 0.3) is 0 Å². The van der Waals surface area contributed by atoms with E-state index in [0.29, 0.717) is 0 Å². The van der Waals surface area contributed by atoms with E-state index < -0.39 is 0 Å². The fourth-order valence-corrected chi connectivity index (χ4v) is 0.222. The van der Waals surface area contributed by atoms with Gasteiger partial charge in [0.15, 0.2) is 0 Å². The highest BCUT2D eigenvalue weighted by molar-refractivity contribution is 4.83. The van der Waals surface area contributed by atoms with Crippen LogP contribution in [0.4, 0.5) is 0 Å². The lowest BCUT2D eigenvalue weighted by Crippen LogP contribution is -1.76. The van der Waals surface area contributed by atoms with Crippen LogP contribution in [-0.2, 0) is 0 Å². The monoisotopic (exact) mass is 96.1 g/mol. The highest BCUT2D eigenvalue weighted by atomic mass is 14.8. The van der Waals surface area contributed by atoms with Gasteiger partial charge in [0.2, 0.25) is 0 Å². The first-order chi connectivity index (χ1) is 3.41. The molecule has 39 valence electrons. The second-order valence-electron chi connectivity index (χ2n) is 1.11. The smallest absolute Gasteiger partial charge is 0.0224 e. The van der Waals surface area contributed by atoms with Gasteiger partial charge in [-0.2, -0.15) is 0 Å². The van der Waals surface area contributed by atoms with Gasteiger partial charge in [-0.05, 0) is 13.8 Å². The molecule has 1 nitrogen and oxygen atoms in total. The second-order valence-corrected chi connectivity index (χ2v) is 1.11. The topological polar surface area (TPSA) is 14.1 Å². The lowest BCUT2D eigenvalue weighted by Gasteiger charge is -1.76. The van der Waals surface area contributed by atoms with Crippen LogP contribution in [-0.4, -0.2) is 0 Å². The average Bonchev–Trinajstić information content (AvgIpc) is 1.69. The third-order valence-corrected chi connectivity index (χ3v) is 0.470. The van der Waals surface area contributed by atoms with Crippen molar-refractivity contribution in [2.45, 2.75) is 13.8 Å². The van der Waals surface area contributed by atoms with Crippen molar-refractivity contribution >= 4 is 0 Å². The minimum atomic E-state index is 1.75. The van der Waals surface area contributed by atoms with Gasteiger partial charge < -0.3 is 0 Å². The van der Waals surface area contributed by atoms with Gasteiger partial charge in [0, 0.05) is 12.4 Å². The molecular formula is C6H10N. The number of hydrogen-bond acceptors (Lipinski definition) is 0. The summed E-state index contributed by atoms with van der Waals surface area (Å²) in [6.45, 7) is 3.88. The van der Waals surface area contributed by atoms with E-state index in [0.717, 1.165) is 0 Å². The molecule has 0 bridgehead atoms. The van der Waals surface area contributed by atoms with Gasteiger partial charge in [-0.15, -0.1) is 0 Å². The van der Waals surface area contributed by atoms with Crippen LogP contribution >= 0.6 is 0 Å². The molecule has 0 aliphatic rings. The van der Waals surface area contributed by atoms with Gasteiger partial charge in [-0.1, -0.05) is 12.2 Å². The Morgan fingerprint density at radius 2 is 1.43 bits per heavy atom. The lowest BCUT2D eigenvalue weighted by molar-refractivity contribution is 1.16. The average molecular weight is 96.2 g/mol. The van der Waals surface area contributed by atoms with Crippen molar-refractivity contribution in [3.63, 3.8) is 0 Å². The zero-order valence-corrected chi connectivity index (χ0v) is 4.76. The second kappa shape index (κ2) is 5.28. The maximum absolute atomic E-state index is 3.85. The van der Waals surface area contributed by atoms with E-state index in [9.17, 15) is 0 Å². The third kappa shape index (κ3) is 5.28. The Bertz CT molecular complexity index is 62.2. The summed E-state index contributed by atoms with van der Waals surface area (Å²) in [6, 6.07) is 0. The van der Waals surface area contributed by atoms with Gasteiger partial charge in [0.25, 0.3) is 0 Å². The highest BCUT2D eigenvalue weighted by Gasteiger charge is 1.59. The van der Waals surface area contributed by atoms with Gasteiger partial charge in [0.1, 0.15) is 0 Å². The molecule has 0 aromatic heterocycles. The van der Waals surface area contributed by atoms with E-state index >= 15 is 0 Å². The maximum atomic E-state index is 3.85. The van der Waals surface area contributed by atoms with E-state index in [4.69, 9.17) is 0 Å². The first-order valence-electron chi connectivity index (χ1n) is 2.34. The summed E-state index contributed by atoms with van der Waals surface area (Å²) < 4.78 is 0. The molecule has 7 heavy (non-hydrogen) atoms. The molecule has 0 saturated heterocycles. The van der Waals surface area contributed by atoms with Gasteiger partial charge >= 0.3 is 0 Å². The van der Waals surface area contributed by atoms with Gasteiger partial charge in [-0.25, -0.2) is 0 Å². The summed E-state index contributed by atoms with van der Waals surface area (Å²) >= 11 is 0. The predicted octanol–water partition coefficient (Wildman–Crippen LogP) is 1.66. The SMILES string of the molecule is CC=C[N]C=CC. The third-order valence-electron chi connectivity index (χ3n) is 0.470. The van der Waals surface area contributed by atoms with Crippen LogP contribution in [0.2, 0.25) is 0 Å². The molecule has 0 heterocycles. The zero-order chi connectivity index (χ0) is 5.54. The van der Waals surface area contributed by atoms with Crippen LogP contribution in [0.1, 0.15) is 13.8 Å². The van der Waals surface area contributed by atoms with E-state index in [1.807, 2.05) is 26.0 Å². The molecule has 0 aromatic carbocycles. The molecule has 0 fully saturated rings. The van der Waals surface area contributed by atoms with Crippen molar-refractivity contribution in [3.8, 4) is 0 Å². The summed E-state index contributed by atoms with van der Waals surface area (Å²) in [6.07, 6.45) is 7.28. The summed E-state index contributed by atoms with van der Waals surface area (Å²) in [4.78, 5) is 0. The van der Waals surface area contributed by atoms with E-state index in [1.54, 1.807) is 12.4 Å². The minimum absolute atomic E-state index is 1.75. The molecule has 0 aliphatic carbocycles. The van der Waals surface area contributed by atoms with Crippen molar-refractivity contribution in [1.82, 2.24) is 5.32 Å². The molecule has 0 amide bonds. The first kappa shape index (κ1) is 6.28. The molecule has 1 heteroatoms. The molecule has 0 rings (SSSR count). The standard InChI is InChI=1S/C6H10N/c1-3-5-7-6-4-2/h3-6H,1-2H3. The summed E-state index contributed by atoms with van der Waals surface area (Å²) in [5.74, 6) is 0. The van der Waals surface area contributed by atoms with Crippen LogP contribution in [0.15, 0.2) is 24.6 Å². The Morgan fingerprint density at radius 1 is 1.00 bits per heavy atom. The molecule has 0 unspecified atom stereocenters. The van der Waals surface area contributed by atoms with E-state index in [1.165, 1.54) is 0 Å². The van der Waals surface area contributed by atoms with Gasteiger partial charge in [-0.3, -0.25) is 5.32 Å². The predicted molar refractivity (Wildman–Crippen MR) is 31.8 cm³/mol. The fourth-order valence-electron chi connectivity index (χ4n) is 0.222. The van der Waals surface area contributed by atoms with Crippen molar-refractivity contribution < 1.29 is 0 Å². The summed E-state index contributed by atoms with van der Waals surface area (Å²) in [5.41, 5.74) is 0. The van der Waals surface area contributed by atoms with E-state index in [-0.39, 0.29) is 0 Å². The first-order valence-corrected chi connectivity index (χ1v) is 2.34. The number of nitrogens with zero attached hydrogens (tertiary/aromatic N) is 1. The minimum Gasteiger partial charge on any atom is -0.265 e. The van der Waals surface area contributed by atoms with Crippen LogP contribution in [0, 0.1) is 0 Å². The van der Waals surface area contributed by atoms with Crippen LogP contribution in [0.3, 0.4) is 0 Å². The Kier molecular flexibility index (Phi) is 4.74. The Morgan fingerprint density at radius 3 is 1.71 bits per heavy atom. The normalized spacial score (nSPS) is 11.1. The fraction of sp³-hybridized carbons (Fsp3) is 0.333. The van der Waals surface area contributed by atoms with Crippen molar-refractivity contribution in [2.75, 3.05) is 0 Å². The van der Waals surface area contributed by atoms with Gasteiger partial charge in [0.05, 0.1) is 0 Å². The molecule has 0 spiro atoms. The molecule has 1 radical (unpaired) electrons. The molecule has 0 aromatic rings. The van der Waals surface area contributed by atoms with Crippen LogP contribution in [0.5, 0.6) is 0 Å². The zero-order valence-electron chi connectivity index (χ0n) is 4.76. The molecular weight excluding hydrogens is 86.1 g/mol. The quantitative estimate of drug-likeness (QED) is 0.496. The van der Waals surface area contributed by atoms with Crippen molar-refractivity contribution in [3.05, 3.63) is 24.6 Å². The molecule has 0 saturated carbocycles. The maximum Gasteiger partial charge on any atom is 0.0224 e. The van der Waals surface area contributed by atoms with Crippen molar-refractivity contribution in [2.24, 2.45) is 0 Å². The Labute approximate surface area is 44.7 Å². The molecule has 0 N–H and O–H groups in total. The Balaban J connectivity index is 2.98. The molecule has 0 atom stereocenters. The van der Waals surface area contributed by atoms with E-state index in [2.05, 4.69) is 5.32 Å².